The molecule has 1 saturated carbocycles. The number of nitrogens with zero attached hydrogens (tertiary/aromatic N) is 1. The summed E-state index contributed by atoms with van der Waals surface area (Å²) in [4.78, 5) is 37.4. The highest BCUT2D eigenvalue weighted by atomic mass is 35.5. The minimum Gasteiger partial charge on any atom is -0.545 e. The summed E-state index contributed by atoms with van der Waals surface area (Å²) in [6.07, 6.45) is 4.87. The van der Waals surface area contributed by atoms with Crippen LogP contribution in [0.5, 0.6) is 0 Å². The van der Waals surface area contributed by atoms with Crippen molar-refractivity contribution >= 4 is 35.1 Å². The third-order valence-corrected chi connectivity index (χ3v) is 5.23. The Hall–Kier alpha value is -2.14. The SMILES string of the molecule is O=C([O-])c1cc(N2C(=O)[C@@H]3[C@H](C2=O)[C@@H]2C=C[C@H]3C2)ccc1Cl. The van der Waals surface area contributed by atoms with Gasteiger partial charge in [0, 0.05) is 10.6 Å². The fraction of sp³-hybridized carbons (Fsp3) is 0.312. The zero-order chi connectivity index (χ0) is 15.6. The number of aromatic carboxylic acids is 1. The number of allylic oxidation sites excluding steroid dienone is 2. The zero-order valence-corrected chi connectivity index (χ0v) is 12.1. The number of carbonyl (C=O) groups is 3. The minimum atomic E-state index is -1.44. The predicted molar refractivity (Wildman–Crippen MR) is 76.0 cm³/mol. The van der Waals surface area contributed by atoms with E-state index < -0.39 is 5.97 Å². The lowest BCUT2D eigenvalue weighted by Crippen LogP contribution is -2.33. The average Bonchev–Trinajstić information content (AvgIpc) is 3.14. The Labute approximate surface area is 131 Å². The third-order valence-electron chi connectivity index (χ3n) is 4.90. The maximum atomic E-state index is 12.6. The molecule has 2 fully saturated rings. The van der Waals surface area contributed by atoms with Crippen molar-refractivity contribution in [3.8, 4) is 0 Å². The van der Waals surface area contributed by atoms with E-state index in [0.29, 0.717) is 0 Å². The number of benzene rings is 1. The van der Waals surface area contributed by atoms with Gasteiger partial charge in [0.2, 0.25) is 11.8 Å². The molecule has 4 rings (SSSR count). The standard InChI is InChI=1S/C16H12ClNO4/c17-11-4-3-9(6-10(11)16(21)22)18-14(19)12-7-1-2-8(5-7)13(12)15(18)20/h1-4,6-8,12-13H,5H2,(H,21,22)/p-1/t7-,8+,12-,13+. The van der Waals surface area contributed by atoms with Crippen LogP contribution in [-0.4, -0.2) is 17.8 Å². The fourth-order valence-corrected chi connectivity index (χ4v) is 4.16. The van der Waals surface area contributed by atoms with E-state index in [2.05, 4.69) is 0 Å². The number of carbonyl (C=O) groups excluding carboxylic acids is 3. The molecule has 112 valence electrons. The van der Waals surface area contributed by atoms with Crippen LogP contribution in [0.25, 0.3) is 0 Å². The van der Waals surface area contributed by atoms with Gasteiger partial charge in [-0.25, -0.2) is 4.90 Å². The van der Waals surface area contributed by atoms with E-state index in [1.54, 1.807) is 0 Å². The molecular weight excluding hydrogens is 306 g/mol. The molecule has 3 aliphatic rings. The van der Waals surface area contributed by atoms with Gasteiger partial charge >= 0.3 is 0 Å². The number of hydrogen-bond donors (Lipinski definition) is 0. The molecule has 6 heteroatoms. The van der Waals surface area contributed by atoms with Crippen molar-refractivity contribution in [1.82, 2.24) is 0 Å². The summed E-state index contributed by atoms with van der Waals surface area (Å²) < 4.78 is 0. The average molecular weight is 317 g/mol. The second kappa shape index (κ2) is 4.43. The Morgan fingerprint density at radius 2 is 1.73 bits per heavy atom. The van der Waals surface area contributed by atoms with E-state index >= 15 is 0 Å². The molecule has 22 heavy (non-hydrogen) atoms. The lowest BCUT2D eigenvalue weighted by atomic mass is 9.85. The van der Waals surface area contributed by atoms with E-state index in [1.807, 2.05) is 12.2 Å². The maximum absolute atomic E-state index is 12.6. The van der Waals surface area contributed by atoms with Crippen LogP contribution in [0.2, 0.25) is 5.02 Å². The smallest absolute Gasteiger partial charge is 0.238 e. The molecule has 2 aliphatic carbocycles. The number of imide groups is 1. The first-order chi connectivity index (χ1) is 10.5. The number of carboxylic acids is 1. The first kappa shape index (κ1) is 13.5. The van der Waals surface area contributed by atoms with E-state index in [4.69, 9.17) is 11.6 Å². The van der Waals surface area contributed by atoms with Gasteiger partial charge in [0.1, 0.15) is 0 Å². The van der Waals surface area contributed by atoms with Gasteiger partial charge in [-0.1, -0.05) is 23.8 Å². The molecule has 0 aromatic heterocycles. The molecule has 0 spiro atoms. The van der Waals surface area contributed by atoms with Gasteiger partial charge in [-0.15, -0.1) is 0 Å². The molecule has 4 atom stereocenters. The first-order valence-corrected chi connectivity index (χ1v) is 7.44. The van der Waals surface area contributed by atoms with Crippen LogP contribution >= 0.6 is 11.6 Å². The van der Waals surface area contributed by atoms with Crippen LogP contribution in [0.4, 0.5) is 5.69 Å². The molecule has 0 unspecified atom stereocenters. The van der Waals surface area contributed by atoms with Crippen molar-refractivity contribution in [2.24, 2.45) is 23.7 Å². The fourth-order valence-electron chi connectivity index (χ4n) is 3.97. The normalized spacial score (nSPS) is 32.0. The Kier molecular flexibility index (Phi) is 2.72. The molecule has 5 nitrogen and oxygen atoms in total. The van der Waals surface area contributed by atoms with E-state index in [9.17, 15) is 19.5 Å². The van der Waals surface area contributed by atoms with Crippen molar-refractivity contribution in [2.75, 3.05) is 4.90 Å². The van der Waals surface area contributed by atoms with Crippen molar-refractivity contribution in [1.29, 1.82) is 0 Å². The summed E-state index contributed by atoms with van der Waals surface area (Å²) in [7, 11) is 0. The second-order valence-electron chi connectivity index (χ2n) is 5.96. The molecule has 0 N–H and O–H groups in total. The molecule has 1 heterocycles. The van der Waals surface area contributed by atoms with Gasteiger partial charge in [-0.05, 0) is 36.5 Å². The number of amides is 2. The Morgan fingerprint density at radius 3 is 2.27 bits per heavy atom. The summed E-state index contributed by atoms with van der Waals surface area (Å²) in [5.74, 6) is -2.34. The third kappa shape index (κ3) is 1.63. The van der Waals surface area contributed by atoms with Crippen molar-refractivity contribution in [2.45, 2.75) is 6.42 Å². The summed E-state index contributed by atoms with van der Waals surface area (Å²) in [5.41, 5.74) is 0.0188. The van der Waals surface area contributed by atoms with E-state index in [0.717, 1.165) is 11.3 Å². The van der Waals surface area contributed by atoms with Gasteiger partial charge in [-0.3, -0.25) is 9.59 Å². The van der Waals surface area contributed by atoms with Gasteiger partial charge in [0.25, 0.3) is 0 Å². The Balaban J connectivity index is 1.76. The molecule has 1 aromatic carbocycles. The number of fused-ring (bicyclic) bond motifs is 5. The molecule has 0 radical (unpaired) electrons. The minimum absolute atomic E-state index is 0.0183. The van der Waals surface area contributed by atoms with Gasteiger partial charge in [-0.2, -0.15) is 0 Å². The van der Waals surface area contributed by atoms with Crippen LogP contribution in [0.15, 0.2) is 30.4 Å². The summed E-state index contributed by atoms with van der Waals surface area (Å²) in [5, 5.41) is 11.1. The number of halogens is 1. The van der Waals surface area contributed by atoms with Gasteiger partial charge in [0.15, 0.2) is 0 Å². The Bertz CT molecular complexity index is 727. The summed E-state index contributed by atoms with van der Waals surface area (Å²) in [6, 6.07) is 4.08. The highest BCUT2D eigenvalue weighted by Gasteiger charge is 2.59. The summed E-state index contributed by atoms with van der Waals surface area (Å²) >= 11 is 5.80. The van der Waals surface area contributed by atoms with Crippen molar-refractivity contribution < 1.29 is 19.5 Å². The number of rotatable bonds is 2. The van der Waals surface area contributed by atoms with Crippen LogP contribution < -0.4 is 10.0 Å². The van der Waals surface area contributed by atoms with Crippen molar-refractivity contribution in [3.05, 3.63) is 40.9 Å². The first-order valence-electron chi connectivity index (χ1n) is 7.06. The Morgan fingerprint density at radius 1 is 1.14 bits per heavy atom. The van der Waals surface area contributed by atoms with Crippen molar-refractivity contribution in [3.63, 3.8) is 0 Å². The zero-order valence-electron chi connectivity index (χ0n) is 11.4. The lowest BCUT2D eigenvalue weighted by molar-refractivity contribution is -0.255. The topological polar surface area (TPSA) is 77.5 Å². The van der Waals surface area contributed by atoms with Gasteiger partial charge < -0.3 is 9.90 Å². The van der Waals surface area contributed by atoms with Gasteiger partial charge in [0.05, 0.1) is 23.5 Å². The van der Waals surface area contributed by atoms with E-state index in [1.165, 1.54) is 18.2 Å². The summed E-state index contributed by atoms with van der Waals surface area (Å²) in [6.45, 7) is 0. The number of anilines is 1. The van der Waals surface area contributed by atoms with Crippen LogP contribution in [-0.2, 0) is 9.59 Å². The predicted octanol–water partition coefficient (Wildman–Crippen LogP) is 1.01. The second-order valence-corrected chi connectivity index (χ2v) is 6.37. The molecule has 1 aliphatic heterocycles. The number of hydrogen-bond acceptors (Lipinski definition) is 4. The maximum Gasteiger partial charge on any atom is 0.238 e. The molecule has 1 aromatic rings. The quantitative estimate of drug-likeness (QED) is 0.603. The largest absolute Gasteiger partial charge is 0.545 e. The molecular formula is C16H11ClNO4-. The lowest BCUT2D eigenvalue weighted by Gasteiger charge is -2.18. The van der Waals surface area contributed by atoms with Crippen LogP contribution in [0.1, 0.15) is 16.8 Å². The molecule has 2 amide bonds. The highest BCUT2D eigenvalue weighted by molar-refractivity contribution is 6.33. The molecule has 2 bridgehead atoms. The highest BCUT2D eigenvalue weighted by Crippen LogP contribution is 2.53. The molecule has 1 saturated heterocycles. The van der Waals surface area contributed by atoms with Crippen LogP contribution in [0, 0.1) is 23.7 Å². The number of carboxylic acid groups (broad SMARTS) is 1. The monoisotopic (exact) mass is 316 g/mol. The van der Waals surface area contributed by atoms with E-state index in [-0.39, 0.29) is 51.8 Å². The van der Waals surface area contributed by atoms with Crippen LogP contribution in [0.3, 0.4) is 0 Å².